The summed E-state index contributed by atoms with van der Waals surface area (Å²) in [6, 6.07) is 13.1. The second kappa shape index (κ2) is 7.81. The molecule has 1 atom stereocenters. The summed E-state index contributed by atoms with van der Waals surface area (Å²) in [6.07, 6.45) is 4.18. The molecule has 0 spiro atoms. The van der Waals surface area contributed by atoms with Gasteiger partial charge >= 0.3 is 0 Å². The van der Waals surface area contributed by atoms with Crippen LogP contribution >= 0.6 is 23.5 Å². The van der Waals surface area contributed by atoms with E-state index in [0.717, 1.165) is 23.8 Å². The van der Waals surface area contributed by atoms with E-state index in [4.69, 9.17) is 4.42 Å². The summed E-state index contributed by atoms with van der Waals surface area (Å²) in [5, 5.41) is 3.50. The minimum absolute atomic E-state index is 0.319. The van der Waals surface area contributed by atoms with Crippen LogP contribution in [0.4, 0.5) is 0 Å². The van der Waals surface area contributed by atoms with Gasteiger partial charge in [0, 0.05) is 10.9 Å². The van der Waals surface area contributed by atoms with Gasteiger partial charge in [-0.05, 0) is 49.3 Å². The number of nitrogens with one attached hydrogen (secondary N) is 1. The van der Waals surface area contributed by atoms with Gasteiger partial charge in [0.1, 0.15) is 11.5 Å². The molecule has 0 amide bonds. The van der Waals surface area contributed by atoms with Crippen LogP contribution in [0.2, 0.25) is 0 Å². The van der Waals surface area contributed by atoms with Crippen LogP contribution in [-0.4, -0.2) is 12.5 Å². The molecule has 0 bridgehead atoms. The fourth-order valence-electron chi connectivity index (χ4n) is 2.00. The molecule has 0 saturated heterocycles. The van der Waals surface area contributed by atoms with Crippen LogP contribution in [0.25, 0.3) is 0 Å². The van der Waals surface area contributed by atoms with E-state index < -0.39 is 0 Å². The van der Waals surface area contributed by atoms with Crippen molar-refractivity contribution in [2.75, 3.05) is 12.5 Å². The summed E-state index contributed by atoms with van der Waals surface area (Å²) < 4.78 is 5.76. The van der Waals surface area contributed by atoms with Gasteiger partial charge in [-0.15, -0.1) is 11.8 Å². The Hall–Kier alpha value is -0.840. The van der Waals surface area contributed by atoms with Gasteiger partial charge in [0.15, 0.2) is 0 Å². The number of thioether (sulfide) groups is 2. The summed E-state index contributed by atoms with van der Waals surface area (Å²) in [5.41, 5.74) is 1.30. The number of rotatable bonds is 7. The molecule has 0 radical (unpaired) electrons. The van der Waals surface area contributed by atoms with Crippen LogP contribution in [0.15, 0.2) is 45.7 Å². The molecule has 0 aliphatic carbocycles. The highest BCUT2D eigenvalue weighted by atomic mass is 32.2. The van der Waals surface area contributed by atoms with E-state index in [1.807, 2.05) is 0 Å². The highest BCUT2D eigenvalue weighted by molar-refractivity contribution is 7.98. The zero-order valence-electron chi connectivity index (χ0n) is 12.2. The highest BCUT2D eigenvalue weighted by Crippen LogP contribution is 2.19. The van der Waals surface area contributed by atoms with Crippen LogP contribution in [0, 0.1) is 0 Å². The average molecular weight is 307 g/mol. The molecule has 0 fully saturated rings. The van der Waals surface area contributed by atoms with Gasteiger partial charge in [-0.3, -0.25) is 0 Å². The van der Waals surface area contributed by atoms with Gasteiger partial charge < -0.3 is 9.73 Å². The first-order valence-electron chi connectivity index (χ1n) is 6.66. The predicted molar refractivity (Wildman–Crippen MR) is 89.4 cm³/mol. The lowest BCUT2D eigenvalue weighted by Gasteiger charge is -2.13. The molecule has 1 aromatic heterocycles. The average Bonchev–Trinajstić information content (AvgIpc) is 2.93. The minimum atomic E-state index is 0.319. The molecule has 0 aliphatic heterocycles. The normalized spacial score (nSPS) is 12.6. The standard InChI is InChI=1S/C16H21NOS2/c1-12(13-4-8-16(20-3)9-5-13)17-10-14-6-7-15(18-14)11-19-2/h4-9,12,17H,10-11H2,1-3H3. The van der Waals surface area contributed by atoms with Gasteiger partial charge in [0.25, 0.3) is 0 Å². The maximum Gasteiger partial charge on any atom is 0.118 e. The van der Waals surface area contributed by atoms with Crippen molar-refractivity contribution < 1.29 is 4.42 Å². The number of furan rings is 1. The van der Waals surface area contributed by atoms with Gasteiger partial charge in [0.2, 0.25) is 0 Å². The van der Waals surface area contributed by atoms with Gasteiger partial charge in [-0.25, -0.2) is 0 Å². The fraction of sp³-hybridized carbons (Fsp3) is 0.375. The second-order valence-corrected chi connectivity index (χ2v) is 6.42. The Morgan fingerprint density at radius 3 is 2.40 bits per heavy atom. The van der Waals surface area contributed by atoms with E-state index >= 15 is 0 Å². The van der Waals surface area contributed by atoms with Crippen molar-refractivity contribution >= 4 is 23.5 Å². The molecule has 1 heterocycles. The first-order valence-corrected chi connectivity index (χ1v) is 9.28. The molecule has 1 unspecified atom stereocenters. The quantitative estimate of drug-likeness (QED) is 0.749. The van der Waals surface area contributed by atoms with Crippen molar-refractivity contribution in [3.05, 3.63) is 53.5 Å². The Bertz CT molecular complexity index is 522. The highest BCUT2D eigenvalue weighted by Gasteiger charge is 2.07. The monoisotopic (exact) mass is 307 g/mol. The molecule has 0 aliphatic rings. The van der Waals surface area contributed by atoms with Crippen molar-refractivity contribution in [3.63, 3.8) is 0 Å². The lowest BCUT2D eigenvalue weighted by Crippen LogP contribution is -2.17. The molecular weight excluding hydrogens is 286 g/mol. The van der Waals surface area contributed by atoms with Crippen LogP contribution in [0.3, 0.4) is 0 Å². The van der Waals surface area contributed by atoms with E-state index in [0.29, 0.717) is 6.04 Å². The predicted octanol–water partition coefficient (Wildman–Crippen LogP) is 4.72. The molecule has 0 saturated carbocycles. The third kappa shape index (κ3) is 4.33. The van der Waals surface area contributed by atoms with Gasteiger partial charge in [0.05, 0.1) is 12.3 Å². The Labute approximate surface area is 129 Å². The van der Waals surface area contributed by atoms with E-state index in [1.54, 1.807) is 23.5 Å². The maximum atomic E-state index is 5.76. The van der Waals surface area contributed by atoms with E-state index in [-0.39, 0.29) is 0 Å². The maximum absolute atomic E-state index is 5.76. The molecule has 1 aromatic carbocycles. The zero-order valence-corrected chi connectivity index (χ0v) is 13.8. The van der Waals surface area contributed by atoms with E-state index in [2.05, 4.69) is 61.2 Å². The van der Waals surface area contributed by atoms with Crippen LogP contribution in [0.5, 0.6) is 0 Å². The molecule has 1 N–H and O–H groups in total. The van der Waals surface area contributed by atoms with Crippen molar-refractivity contribution in [3.8, 4) is 0 Å². The summed E-state index contributed by atoms with van der Waals surface area (Å²) in [4.78, 5) is 1.30. The molecule has 108 valence electrons. The Kier molecular flexibility index (Phi) is 6.07. The largest absolute Gasteiger partial charge is 0.464 e. The smallest absolute Gasteiger partial charge is 0.118 e. The van der Waals surface area contributed by atoms with Crippen LogP contribution in [0.1, 0.15) is 30.0 Å². The zero-order chi connectivity index (χ0) is 14.4. The molecule has 2 aromatic rings. The third-order valence-corrected chi connectivity index (χ3v) is 4.52. The van der Waals surface area contributed by atoms with Crippen molar-refractivity contribution in [2.45, 2.75) is 30.2 Å². The summed E-state index contributed by atoms with van der Waals surface area (Å²) in [6.45, 7) is 2.94. The molecule has 2 nitrogen and oxygen atoms in total. The van der Waals surface area contributed by atoms with E-state index in [9.17, 15) is 0 Å². The topological polar surface area (TPSA) is 25.2 Å². The van der Waals surface area contributed by atoms with Crippen LogP contribution < -0.4 is 5.32 Å². The molecule has 20 heavy (non-hydrogen) atoms. The lowest BCUT2D eigenvalue weighted by atomic mass is 10.1. The van der Waals surface area contributed by atoms with Crippen molar-refractivity contribution in [1.82, 2.24) is 5.32 Å². The van der Waals surface area contributed by atoms with E-state index in [1.165, 1.54) is 10.5 Å². The van der Waals surface area contributed by atoms with Gasteiger partial charge in [-0.2, -0.15) is 11.8 Å². The summed E-state index contributed by atoms with van der Waals surface area (Å²) in [7, 11) is 0. The van der Waals surface area contributed by atoms with Crippen molar-refractivity contribution in [1.29, 1.82) is 0 Å². The number of benzene rings is 1. The molecule has 2 rings (SSSR count). The third-order valence-electron chi connectivity index (χ3n) is 3.20. The first-order chi connectivity index (χ1) is 9.72. The minimum Gasteiger partial charge on any atom is -0.464 e. The Morgan fingerprint density at radius 2 is 1.75 bits per heavy atom. The second-order valence-electron chi connectivity index (χ2n) is 4.68. The number of hydrogen-bond donors (Lipinski definition) is 1. The molecule has 4 heteroatoms. The molecular formula is C16H21NOS2. The SMILES string of the molecule is CSCc1ccc(CNC(C)c2ccc(SC)cc2)o1. The summed E-state index contributed by atoms with van der Waals surface area (Å²) >= 11 is 3.55. The fourth-order valence-corrected chi connectivity index (χ4v) is 2.85. The Balaban J connectivity index is 1.88. The summed E-state index contributed by atoms with van der Waals surface area (Å²) in [5.74, 6) is 2.99. The lowest BCUT2D eigenvalue weighted by molar-refractivity contribution is 0.442. The van der Waals surface area contributed by atoms with Gasteiger partial charge in [-0.1, -0.05) is 12.1 Å². The number of hydrogen-bond acceptors (Lipinski definition) is 4. The van der Waals surface area contributed by atoms with Crippen LogP contribution in [-0.2, 0) is 12.3 Å². The first kappa shape index (κ1) is 15.5. The Morgan fingerprint density at radius 1 is 1.05 bits per heavy atom. The van der Waals surface area contributed by atoms with Crippen molar-refractivity contribution in [2.24, 2.45) is 0 Å².